The van der Waals surface area contributed by atoms with E-state index in [1.165, 1.54) is 20.3 Å². The molecule has 0 radical (unpaired) electrons. The molecule has 1 fully saturated rings. The maximum atomic E-state index is 12.9. The molecule has 19 heteroatoms. The van der Waals surface area contributed by atoms with Crippen molar-refractivity contribution in [2.45, 2.75) is 85.2 Å². The normalized spacial score (nSPS) is 15.6. The largest absolute Gasteiger partial charge is 0.497 e. The summed E-state index contributed by atoms with van der Waals surface area (Å²) in [4.78, 5) is 84.9. The molecule has 2 aromatic heterocycles. The number of nitrogens with one attached hydrogen (secondary N) is 2. The van der Waals surface area contributed by atoms with Crippen molar-refractivity contribution in [2.24, 2.45) is 23.1 Å². The molecular formula is C57H66N10O9. The van der Waals surface area contributed by atoms with Gasteiger partial charge in [0.05, 0.1) is 44.8 Å². The third-order valence-corrected chi connectivity index (χ3v) is 14.0. The van der Waals surface area contributed by atoms with Crippen molar-refractivity contribution in [1.29, 1.82) is 0 Å². The molecule has 6 heterocycles. The van der Waals surface area contributed by atoms with Crippen LogP contribution in [0.15, 0.2) is 105 Å². The number of carbonyl (C=O) groups excluding carboxylic acids is 4. The summed E-state index contributed by atoms with van der Waals surface area (Å²) in [6.45, 7) is 9.45. The maximum absolute atomic E-state index is 12.9. The van der Waals surface area contributed by atoms with Crippen LogP contribution >= 0.6 is 0 Å². The van der Waals surface area contributed by atoms with E-state index in [-0.39, 0.29) is 40.7 Å². The first-order valence-corrected chi connectivity index (χ1v) is 25.7. The highest BCUT2D eigenvalue weighted by Crippen LogP contribution is 2.33. The van der Waals surface area contributed by atoms with Crippen molar-refractivity contribution in [1.82, 2.24) is 29.0 Å². The number of aromatic nitrogens is 4. The third kappa shape index (κ3) is 12.3. The number of imidazole rings is 1. The molecule has 0 spiro atoms. The predicted molar refractivity (Wildman–Crippen MR) is 293 cm³/mol. The lowest BCUT2D eigenvalue weighted by Gasteiger charge is -2.36. The molecule has 1 saturated heterocycles. The molecule has 2 N–H and O–H groups in total. The molecule has 0 bridgehead atoms. The van der Waals surface area contributed by atoms with E-state index < -0.39 is 0 Å². The molecule has 10 rings (SSSR count). The Morgan fingerprint density at radius 3 is 2.22 bits per heavy atom. The van der Waals surface area contributed by atoms with Gasteiger partial charge in [0.15, 0.2) is 22.7 Å². The topological polar surface area (TPSA) is 213 Å². The second-order valence-corrected chi connectivity index (χ2v) is 19.3. The van der Waals surface area contributed by atoms with Crippen LogP contribution in [0.5, 0.6) is 17.2 Å². The number of nitrogens with zero attached hydrogens (tertiary/aromatic N) is 8. The standard InChI is InChI=1S/C22H25N3O4.C20H19N3O2.C15H22N4O3/c1-28-19-7-3-16(14-20(19)29-2)22(27)25-11-9-24(10-12-25)17-5-6-18-15(13-17)4-8-21(26)23-18;1-12-9-19(24)22-23-20(12)15-4-3-14-10-17(21-18(14)11-15)13-5-7-16(25-2)8-6-13;1-4-8-18-10-16-13-12(18)14(21)19(15(22)17(13)3)9-6-5-7-11(2)20/h3,5-7,13-14H,4,8-12H2,1-2H3,(H,23,26);3-8,11-12H,9-10H2,1-2H3,(H,22,24);10H,4-9H2,1-3H3. The number of hydrazone groups is 1. The number of ether oxygens (including phenoxy) is 3. The second kappa shape index (κ2) is 24.3. The van der Waals surface area contributed by atoms with Crippen LogP contribution in [0.25, 0.3) is 11.2 Å². The van der Waals surface area contributed by atoms with Crippen molar-refractivity contribution in [3.8, 4) is 17.2 Å². The number of Topliss-reactive ketones (excluding diaryl/α,β-unsaturated/α-hetero) is 1. The molecule has 6 aromatic rings. The number of benzene rings is 4. The fourth-order valence-electron chi connectivity index (χ4n) is 9.75. The van der Waals surface area contributed by atoms with E-state index in [0.717, 1.165) is 77.7 Å². The first kappa shape index (κ1) is 53.9. The van der Waals surface area contributed by atoms with Crippen LogP contribution in [-0.4, -0.2) is 106 Å². The van der Waals surface area contributed by atoms with Gasteiger partial charge in [-0.25, -0.2) is 15.2 Å². The van der Waals surface area contributed by atoms with E-state index in [1.54, 1.807) is 64.4 Å². The summed E-state index contributed by atoms with van der Waals surface area (Å²) in [6.07, 6.45) is 6.86. The number of carbonyl (C=O) groups is 4. The Balaban J connectivity index is 0.000000153. The van der Waals surface area contributed by atoms with Gasteiger partial charge in [-0.1, -0.05) is 26.0 Å². The zero-order chi connectivity index (χ0) is 54.0. The number of rotatable bonds is 14. The van der Waals surface area contributed by atoms with Crippen LogP contribution in [0.4, 0.5) is 17.1 Å². The molecule has 4 aromatic carbocycles. The molecule has 398 valence electrons. The van der Waals surface area contributed by atoms with Crippen molar-refractivity contribution >= 4 is 63.2 Å². The quantitative estimate of drug-likeness (QED) is 0.108. The first-order chi connectivity index (χ1) is 36.7. The Kier molecular flexibility index (Phi) is 17.3. The van der Waals surface area contributed by atoms with Gasteiger partial charge in [-0.2, -0.15) is 5.10 Å². The molecule has 0 saturated carbocycles. The summed E-state index contributed by atoms with van der Waals surface area (Å²) in [5.41, 5.74) is 12.9. The van der Waals surface area contributed by atoms with E-state index >= 15 is 0 Å². The molecule has 1 unspecified atom stereocenters. The van der Waals surface area contributed by atoms with E-state index in [2.05, 4.69) is 50.0 Å². The summed E-state index contributed by atoms with van der Waals surface area (Å²) < 4.78 is 20.2. The van der Waals surface area contributed by atoms with E-state index in [0.29, 0.717) is 86.5 Å². The monoisotopic (exact) mass is 1030 g/mol. The predicted octanol–water partition coefficient (Wildman–Crippen LogP) is 6.85. The van der Waals surface area contributed by atoms with Crippen molar-refractivity contribution < 1.29 is 33.4 Å². The highest BCUT2D eigenvalue weighted by Gasteiger charge is 2.26. The van der Waals surface area contributed by atoms with Crippen molar-refractivity contribution in [3.05, 3.63) is 134 Å². The number of hydrogen-bond acceptors (Lipinski definition) is 13. The zero-order valence-electron chi connectivity index (χ0n) is 44.3. The number of aliphatic imine (C=N–C) groups is 1. The lowest BCUT2D eigenvalue weighted by Crippen LogP contribution is -2.48. The number of fused-ring (bicyclic) bond motifs is 3. The van der Waals surface area contributed by atoms with Crippen LogP contribution in [-0.2, 0) is 47.4 Å². The molecule has 4 aliphatic heterocycles. The average molecular weight is 1040 g/mol. The van der Waals surface area contributed by atoms with Gasteiger partial charge in [-0.3, -0.25) is 33.3 Å². The fourth-order valence-corrected chi connectivity index (χ4v) is 9.75. The Morgan fingerprint density at radius 1 is 0.776 bits per heavy atom. The molecule has 1 atom stereocenters. The van der Waals surface area contributed by atoms with Crippen LogP contribution in [0, 0.1) is 5.92 Å². The molecule has 3 amide bonds. The first-order valence-electron chi connectivity index (χ1n) is 25.7. The summed E-state index contributed by atoms with van der Waals surface area (Å²) >= 11 is 0. The second-order valence-electron chi connectivity index (χ2n) is 19.3. The van der Waals surface area contributed by atoms with E-state index in [4.69, 9.17) is 19.2 Å². The average Bonchev–Trinajstić information content (AvgIpc) is 4.07. The number of aryl methyl sites for hydroxylation is 3. The number of methoxy groups -OCH3 is 3. The molecule has 19 nitrogen and oxygen atoms in total. The van der Waals surface area contributed by atoms with Crippen molar-refractivity contribution in [3.63, 3.8) is 0 Å². The van der Waals surface area contributed by atoms with Gasteiger partial charge in [0, 0.05) is 100 Å². The lowest BCUT2D eigenvalue weighted by atomic mass is 9.93. The maximum Gasteiger partial charge on any atom is 0.332 e. The number of piperazine rings is 1. The molecule has 4 aliphatic rings. The molecule has 76 heavy (non-hydrogen) atoms. The van der Waals surface area contributed by atoms with Gasteiger partial charge in [0.1, 0.15) is 11.5 Å². The van der Waals surface area contributed by atoms with Crippen LogP contribution in [0.1, 0.15) is 91.9 Å². The zero-order valence-corrected chi connectivity index (χ0v) is 44.3. The molecule has 0 aliphatic carbocycles. The minimum atomic E-state index is -0.359. The number of amides is 3. The SMILES string of the molecule is CCCn1cnc2c1c(=O)n(CCCCC(C)=O)c(=O)n2C.COc1ccc(C(=O)N2CCN(c3ccc4c(c3)CCC(=O)N4)CC2)cc1OC.COc1ccc(C2=Nc3cc(C4=NNC(=O)CC4C)ccc3C2)cc1. The van der Waals surface area contributed by atoms with E-state index in [9.17, 15) is 28.8 Å². The smallest absolute Gasteiger partial charge is 0.332 e. The summed E-state index contributed by atoms with van der Waals surface area (Å²) in [5, 5.41) is 7.16. The Morgan fingerprint density at radius 2 is 1.53 bits per heavy atom. The fraction of sp³-hybridized carbons (Fsp3) is 0.386. The molecular weight excluding hydrogens is 969 g/mol. The highest BCUT2D eigenvalue weighted by molar-refractivity contribution is 6.09. The number of hydrogen-bond donors (Lipinski definition) is 2. The van der Waals surface area contributed by atoms with Crippen molar-refractivity contribution in [2.75, 3.05) is 57.7 Å². The Bertz CT molecular complexity index is 3330. The van der Waals surface area contributed by atoms with Gasteiger partial charge in [-0.05, 0) is 116 Å². The van der Waals surface area contributed by atoms with Gasteiger partial charge in [-0.15, -0.1) is 0 Å². The van der Waals surface area contributed by atoms with Gasteiger partial charge >= 0.3 is 5.69 Å². The summed E-state index contributed by atoms with van der Waals surface area (Å²) in [5.74, 6) is 2.28. The summed E-state index contributed by atoms with van der Waals surface area (Å²) in [6, 6.07) is 25.6. The number of unbranched alkanes of at least 4 members (excludes halogenated alkanes) is 1. The Labute approximate surface area is 441 Å². The summed E-state index contributed by atoms with van der Waals surface area (Å²) in [7, 11) is 6.43. The van der Waals surface area contributed by atoms with Crippen LogP contribution in [0.2, 0.25) is 0 Å². The van der Waals surface area contributed by atoms with Gasteiger partial charge in [0.2, 0.25) is 11.8 Å². The minimum Gasteiger partial charge on any atom is -0.497 e. The van der Waals surface area contributed by atoms with Gasteiger partial charge in [0.25, 0.3) is 11.5 Å². The van der Waals surface area contributed by atoms with Gasteiger partial charge < -0.3 is 38.7 Å². The minimum absolute atomic E-state index is 0.00115. The number of ketones is 1. The number of anilines is 2. The Hall–Kier alpha value is -8.35. The van der Waals surface area contributed by atoms with E-state index in [1.807, 2.05) is 55.1 Å². The van der Waals surface area contributed by atoms with Crippen LogP contribution in [0.3, 0.4) is 0 Å². The third-order valence-electron chi connectivity index (χ3n) is 14.0. The highest BCUT2D eigenvalue weighted by atomic mass is 16.5. The van der Waals surface area contributed by atoms with Crippen LogP contribution < -0.4 is 41.1 Å². The lowest BCUT2D eigenvalue weighted by molar-refractivity contribution is -0.122.